The van der Waals surface area contributed by atoms with Gasteiger partial charge in [0.05, 0.1) is 0 Å². The quantitative estimate of drug-likeness (QED) is 0.529. The maximum Gasteiger partial charge on any atom is -0.0175 e. The number of allylic oxidation sites excluding steroid dienone is 3. The first-order chi connectivity index (χ1) is 11.1. The predicted octanol–water partition coefficient (Wildman–Crippen LogP) is 6.86. The average Bonchev–Trinajstić information content (AvgIpc) is 2.58. The fourth-order valence-corrected chi connectivity index (χ4v) is 1.67. The molecule has 0 amide bonds. The third-order valence-electron chi connectivity index (χ3n) is 3.03. The zero-order valence-electron chi connectivity index (χ0n) is 14.7. The third kappa shape index (κ3) is 13.1. The van der Waals surface area contributed by atoms with Gasteiger partial charge in [-0.05, 0) is 38.7 Å². The third-order valence-corrected chi connectivity index (χ3v) is 3.03. The summed E-state index contributed by atoms with van der Waals surface area (Å²) >= 11 is 0. The lowest BCUT2D eigenvalue weighted by atomic mass is 10.1. The summed E-state index contributed by atoms with van der Waals surface area (Å²) in [5.41, 5.74) is 4.05. The van der Waals surface area contributed by atoms with E-state index in [1.807, 2.05) is 24.3 Å². The van der Waals surface area contributed by atoms with Crippen LogP contribution in [0.15, 0.2) is 92.6 Å². The van der Waals surface area contributed by atoms with Gasteiger partial charge in [-0.25, -0.2) is 0 Å². The number of hydrogen-bond donors (Lipinski definition) is 0. The summed E-state index contributed by atoms with van der Waals surface area (Å²) in [4.78, 5) is 0. The minimum Gasteiger partial charge on any atom is -0.103 e. The second-order valence-electron chi connectivity index (χ2n) is 5.28. The fraction of sp³-hybridized carbons (Fsp3) is 0.217. The monoisotopic (exact) mass is 306 g/mol. The lowest BCUT2D eigenvalue weighted by Gasteiger charge is -1.94. The highest BCUT2D eigenvalue weighted by molar-refractivity contribution is 5.19. The first-order valence-electron chi connectivity index (χ1n) is 8.04. The number of hydrogen-bond acceptors (Lipinski definition) is 0. The fourth-order valence-electron chi connectivity index (χ4n) is 1.67. The van der Waals surface area contributed by atoms with E-state index in [-0.39, 0.29) is 0 Å². The maximum atomic E-state index is 3.68. The van der Waals surface area contributed by atoms with Crippen molar-refractivity contribution in [1.29, 1.82) is 0 Å². The van der Waals surface area contributed by atoms with E-state index < -0.39 is 0 Å². The summed E-state index contributed by atoms with van der Waals surface area (Å²) < 4.78 is 0. The molecule has 0 heteroatoms. The lowest BCUT2D eigenvalue weighted by Crippen LogP contribution is -1.79. The number of aryl methyl sites for hydroxylation is 3. The summed E-state index contributed by atoms with van der Waals surface area (Å²) in [5.74, 6) is 0. The molecule has 0 N–H and O–H groups in total. The Labute approximate surface area is 142 Å². The van der Waals surface area contributed by atoms with Gasteiger partial charge in [-0.2, -0.15) is 0 Å². The molecule has 0 saturated heterocycles. The Morgan fingerprint density at radius 2 is 1.17 bits per heavy atom. The first-order valence-corrected chi connectivity index (χ1v) is 8.04. The normalized spacial score (nSPS) is 8.61. The molecule has 0 bridgehead atoms. The summed E-state index contributed by atoms with van der Waals surface area (Å²) in [6.07, 6.45) is 8.68. The summed E-state index contributed by atoms with van der Waals surface area (Å²) in [7, 11) is 0. The molecule has 0 aliphatic carbocycles. The predicted molar refractivity (Wildman–Crippen MR) is 106 cm³/mol. The van der Waals surface area contributed by atoms with Gasteiger partial charge in [0.15, 0.2) is 0 Å². The van der Waals surface area contributed by atoms with Crippen molar-refractivity contribution in [3.8, 4) is 0 Å². The van der Waals surface area contributed by atoms with Crippen molar-refractivity contribution >= 4 is 0 Å². The molecule has 0 spiro atoms. The Morgan fingerprint density at radius 3 is 1.52 bits per heavy atom. The highest BCUT2D eigenvalue weighted by atomic mass is 13.9. The van der Waals surface area contributed by atoms with Crippen LogP contribution in [0.4, 0.5) is 0 Å². The molecule has 0 unspecified atom stereocenters. The Hall–Kier alpha value is -2.34. The van der Waals surface area contributed by atoms with Crippen LogP contribution in [0, 0.1) is 13.8 Å². The minimum atomic E-state index is 0.917. The van der Waals surface area contributed by atoms with E-state index in [9.17, 15) is 0 Å². The SMILES string of the molecule is C=CCC=C.C=CCCc1ccccc1.Cc1ccc(C)cc1. The Morgan fingerprint density at radius 1 is 0.696 bits per heavy atom. The number of benzene rings is 2. The van der Waals surface area contributed by atoms with Crippen molar-refractivity contribution < 1.29 is 0 Å². The maximum absolute atomic E-state index is 3.68. The molecule has 23 heavy (non-hydrogen) atoms. The van der Waals surface area contributed by atoms with E-state index in [2.05, 4.69) is 82.1 Å². The van der Waals surface area contributed by atoms with Gasteiger partial charge in [0.1, 0.15) is 0 Å². The molecule has 2 aromatic rings. The molecule has 0 saturated carbocycles. The molecule has 122 valence electrons. The summed E-state index contributed by atoms with van der Waals surface area (Å²) in [6, 6.07) is 18.9. The molecule has 2 rings (SSSR count). The summed E-state index contributed by atoms with van der Waals surface area (Å²) in [5, 5.41) is 0. The van der Waals surface area contributed by atoms with Crippen molar-refractivity contribution in [2.75, 3.05) is 0 Å². The van der Waals surface area contributed by atoms with Gasteiger partial charge < -0.3 is 0 Å². The topological polar surface area (TPSA) is 0 Å². The van der Waals surface area contributed by atoms with Crippen LogP contribution >= 0.6 is 0 Å². The van der Waals surface area contributed by atoms with E-state index in [1.165, 1.54) is 16.7 Å². The molecule has 0 heterocycles. The van der Waals surface area contributed by atoms with Gasteiger partial charge in [0.2, 0.25) is 0 Å². The zero-order chi connectivity index (χ0) is 17.3. The van der Waals surface area contributed by atoms with Gasteiger partial charge in [0, 0.05) is 0 Å². The number of rotatable bonds is 5. The van der Waals surface area contributed by atoms with E-state index in [4.69, 9.17) is 0 Å². The minimum absolute atomic E-state index is 0.917. The first kappa shape index (κ1) is 20.7. The van der Waals surface area contributed by atoms with Gasteiger partial charge in [-0.15, -0.1) is 19.7 Å². The van der Waals surface area contributed by atoms with E-state index in [0.717, 1.165) is 19.3 Å². The average molecular weight is 306 g/mol. The molecule has 2 aromatic carbocycles. The molecule has 0 nitrogen and oxygen atoms in total. The Kier molecular flexibility index (Phi) is 13.1. The molecule has 0 aliphatic heterocycles. The van der Waals surface area contributed by atoms with Crippen LogP contribution < -0.4 is 0 Å². The molecule has 0 aliphatic rings. The van der Waals surface area contributed by atoms with Gasteiger partial charge in [-0.3, -0.25) is 0 Å². The van der Waals surface area contributed by atoms with E-state index >= 15 is 0 Å². The highest BCUT2D eigenvalue weighted by Crippen LogP contribution is 2.01. The summed E-state index contributed by atoms with van der Waals surface area (Å²) in [6.45, 7) is 14.8. The van der Waals surface area contributed by atoms with Crippen molar-refractivity contribution in [1.82, 2.24) is 0 Å². The molecule has 0 aromatic heterocycles. The smallest absolute Gasteiger partial charge is 0.0175 e. The van der Waals surface area contributed by atoms with Gasteiger partial charge >= 0.3 is 0 Å². The lowest BCUT2D eigenvalue weighted by molar-refractivity contribution is 1.00. The molecular formula is C23H30. The standard InChI is InChI=1S/C10H12.C8H10.C5H8/c1-2-3-7-10-8-5-4-6-9-10;1-7-3-5-8(2)6-4-7;1-3-5-4-2/h2,4-6,8-9H,1,3,7H2;3-6H,1-2H3;3-4H,1-2,5H2. The van der Waals surface area contributed by atoms with Crippen molar-refractivity contribution in [2.24, 2.45) is 0 Å². The Bertz CT molecular complexity index is 505. The molecule has 0 fully saturated rings. The highest BCUT2D eigenvalue weighted by Gasteiger charge is 1.85. The van der Waals surface area contributed by atoms with Crippen LogP contribution in [-0.4, -0.2) is 0 Å². The van der Waals surface area contributed by atoms with Crippen LogP contribution in [-0.2, 0) is 6.42 Å². The second-order valence-corrected chi connectivity index (χ2v) is 5.28. The van der Waals surface area contributed by atoms with E-state index in [0.29, 0.717) is 0 Å². The van der Waals surface area contributed by atoms with Crippen LogP contribution in [0.25, 0.3) is 0 Å². The molecule has 0 radical (unpaired) electrons. The van der Waals surface area contributed by atoms with Gasteiger partial charge in [-0.1, -0.05) is 84.0 Å². The zero-order valence-corrected chi connectivity index (χ0v) is 14.7. The van der Waals surface area contributed by atoms with Crippen LogP contribution in [0.1, 0.15) is 29.5 Å². The molecular weight excluding hydrogens is 276 g/mol. The van der Waals surface area contributed by atoms with Crippen LogP contribution in [0.5, 0.6) is 0 Å². The molecule has 0 atom stereocenters. The van der Waals surface area contributed by atoms with Crippen molar-refractivity contribution in [3.63, 3.8) is 0 Å². The largest absolute Gasteiger partial charge is 0.103 e. The van der Waals surface area contributed by atoms with Crippen LogP contribution in [0.2, 0.25) is 0 Å². The van der Waals surface area contributed by atoms with Crippen molar-refractivity contribution in [2.45, 2.75) is 33.1 Å². The van der Waals surface area contributed by atoms with Crippen molar-refractivity contribution in [3.05, 3.63) is 109 Å². The second kappa shape index (κ2) is 14.6. The Balaban J connectivity index is 0.000000335. The van der Waals surface area contributed by atoms with Crippen LogP contribution in [0.3, 0.4) is 0 Å². The van der Waals surface area contributed by atoms with E-state index in [1.54, 1.807) is 0 Å². The van der Waals surface area contributed by atoms with Gasteiger partial charge in [0.25, 0.3) is 0 Å².